The van der Waals surface area contributed by atoms with Gasteiger partial charge < -0.3 is 9.64 Å². The monoisotopic (exact) mass is 319 g/mol. The molecule has 2 aromatic rings. The second-order valence-electron chi connectivity index (χ2n) is 6.55. The first-order valence-corrected chi connectivity index (χ1v) is 8.62. The number of pyridine rings is 1. The third-order valence-corrected chi connectivity index (χ3v) is 5.14. The van der Waals surface area contributed by atoms with Gasteiger partial charge in [-0.1, -0.05) is 12.1 Å². The number of fused-ring (bicyclic) bond motifs is 2. The molecule has 4 rings (SSSR count). The van der Waals surface area contributed by atoms with Gasteiger partial charge in [-0.3, -0.25) is 0 Å². The summed E-state index contributed by atoms with van der Waals surface area (Å²) in [5.74, 6) is 1.82. The summed E-state index contributed by atoms with van der Waals surface area (Å²) in [6, 6.07) is 10.6. The van der Waals surface area contributed by atoms with Crippen LogP contribution in [0.5, 0.6) is 5.75 Å². The molecule has 0 saturated heterocycles. The Morgan fingerprint density at radius 3 is 2.88 bits per heavy atom. The molecule has 1 aliphatic heterocycles. The molecule has 0 spiro atoms. The van der Waals surface area contributed by atoms with Crippen molar-refractivity contribution in [3.63, 3.8) is 0 Å². The Morgan fingerprint density at radius 2 is 2.04 bits per heavy atom. The largest absolute Gasteiger partial charge is 0.496 e. The van der Waals surface area contributed by atoms with E-state index in [-0.39, 0.29) is 0 Å². The highest BCUT2D eigenvalue weighted by Crippen LogP contribution is 2.32. The van der Waals surface area contributed by atoms with Crippen LogP contribution in [0.4, 0.5) is 5.82 Å². The smallest absolute Gasteiger partial charge is 0.147 e. The van der Waals surface area contributed by atoms with E-state index < -0.39 is 0 Å². The van der Waals surface area contributed by atoms with Gasteiger partial charge in [-0.25, -0.2) is 4.98 Å². The Kier molecular flexibility index (Phi) is 3.86. The Morgan fingerprint density at radius 1 is 1.17 bits per heavy atom. The molecule has 1 aromatic carbocycles. The van der Waals surface area contributed by atoms with E-state index in [9.17, 15) is 5.26 Å². The van der Waals surface area contributed by atoms with Crippen molar-refractivity contribution in [3.05, 3.63) is 52.2 Å². The van der Waals surface area contributed by atoms with Gasteiger partial charge in [-0.2, -0.15) is 5.26 Å². The normalized spacial score (nSPS) is 16.1. The number of methoxy groups -OCH3 is 1. The van der Waals surface area contributed by atoms with E-state index in [0.717, 1.165) is 43.9 Å². The number of aryl methyl sites for hydroxylation is 2. The highest BCUT2D eigenvalue weighted by molar-refractivity contribution is 5.58. The Hall–Kier alpha value is -2.54. The molecule has 4 heteroatoms. The van der Waals surface area contributed by atoms with E-state index in [0.29, 0.717) is 5.56 Å². The number of ether oxygens (including phenoxy) is 1. The van der Waals surface area contributed by atoms with E-state index in [2.05, 4.69) is 23.1 Å². The van der Waals surface area contributed by atoms with Gasteiger partial charge in [0.25, 0.3) is 0 Å². The van der Waals surface area contributed by atoms with Crippen molar-refractivity contribution in [1.29, 1.82) is 5.26 Å². The van der Waals surface area contributed by atoms with Crippen molar-refractivity contribution in [3.8, 4) is 11.8 Å². The lowest BCUT2D eigenvalue weighted by Crippen LogP contribution is -2.32. The zero-order valence-electron chi connectivity index (χ0n) is 14.0. The molecule has 1 aliphatic carbocycles. The molecule has 4 nitrogen and oxygen atoms in total. The van der Waals surface area contributed by atoms with Gasteiger partial charge in [0, 0.05) is 24.3 Å². The maximum atomic E-state index is 9.59. The third kappa shape index (κ3) is 2.50. The second-order valence-corrected chi connectivity index (χ2v) is 6.55. The Bertz CT molecular complexity index is 822. The van der Waals surface area contributed by atoms with Crippen LogP contribution in [-0.2, 0) is 25.8 Å². The van der Waals surface area contributed by atoms with Gasteiger partial charge in [-0.05, 0) is 55.4 Å². The fourth-order valence-corrected chi connectivity index (χ4v) is 3.89. The van der Waals surface area contributed by atoms with Crippen LogP contribution in [0.2, 0.25) is 0 Å². The first kappa shape index (κ1) is 15.0. The molecule has 0 amide bonds. The van der Waals surface area contributed by atoms with Crippen molar-refractivity contribution in [2.45, 2.75) is 38.6 Å². The van der Waals surface area contributed by atoms with Gasteiger partial charge in [0.15, 0.2) is 0 Å². The number of benzene rings is 1. The number of aromatic nitrogens is 1. The lowest BCUT2D eigenvalue weighted by molar-refractivity contribution is 0.407. The van der Waals surface area contributed by atoms with Gasteiger partial charge in [0.05, 0.1) is 12.7 Å². The number of rotatable bonds is 2. The maximum Gasteiger partial charge on any atom is 0.147 e. The first-order chi connectivity index (χ1) is 11.8. The van der Waals surface area contributed by atoms with E-state index in [1.165, 1.54) is 35.2 Å². The minimum Gasteiger partial charge on any atom is -0.496 e. The lowest BCUT2D eigenvalue weighted by Gasteiger charge is -2.32. The molecule has 0 bridgehead atoms. The molecule has 0 radical (unpaired) electrons. The molecular weight excluding hydrogens is 298 g/mol. The molecular formula is C20H21N3O. The van der Waals surface area contributed by atoms with Crippen LogP contribution in [0.15, 0.2) is 24.3 Å². The summed E-state index contributed by atoms with van der Waals surface area (Å²) in [7, 11) is 1.72. The van der Waals surface area contributed by atoms with Crippen LogP contribution < -0.4 is 9.64 Å². The number of hydrogen-bond acceptors (Lipinski definition) is 4. The highest BCUT2D eigenvalue weighted by Gasteiger charge is 2.24. The summed E-state index contributed by atoms with van der Waals surface area (Å²) < 4.78 is 5.49. The topological polar surface area (TPSA) is 49.1 Å². The molecule has 0 atom stereocenters. The van der Waals surface area contributed by atoms with Gasteiger partial charge >= 0.3 is 0 Å². The van der Waals surface area contributed by atoms with Crippen molar-refractivity contribution >= 4 is 5.82 Å². The zero-order chi connectivity index (χ0) is 16.5. The summed E-state index contributed by atoms with van der Waals surface area (Å²) in [6.45, 7) is 1.65. The predicted molar refractivity (Wildman–Crippen MR) is 93.3 cm³/mol. The number of nitrogens with zero attached hydrogens (tertiary/aromatic N) is 3. The molecule has 0 unspecified atom stereocenters. The molecule has 24 heavy (non-hydrogen) atoms. The Balaban J connectivity index is 1.71. The minimum atomic E-state index is 0.710. The summed E-state index contributed by atoms with van der Waals surface area (Å²) in [6.07, 6.45) is 5.41. The van der Waals surface area contributed by atoms with Gasteiger partial charge in [0.1, 0.15) is 17.6 Å². The van der Waals surface area contributed by atoms with E-state index in [1.807, 2.05) is 12.1 Å². The number of nitriles is 1. The second kappa shape index (κ2) is 6.16. The average Bonchev–Trinajstić information content (AvgIpc) is 2.65. The van der Waals surface area contributed by atoms with Crippen molar-refractivity contribution in [2.75, 3.05) is 18.6 Å². The summed E-state index contributed by atoms with van der Waals surface area (Å²) in [5.41, 5.74) is 5.71. The van der Waals surface area contributed by atoms with E-state index in [1.54, 1.807) is 7.11 Å². The van der Waals surface area contributed by atoms with Gasteiger partial charge in [0.2, 0.25) is 0 Å². The zero-order valence-corrected chi connectivity index (χ0v) is 14.0. The average molecular weight is 319 g/mol. The van der Waals surface area contributed by atoms with Gasteiger partial charge in [-0.15, -0.1) is 0 Å². The molecule has 0 saturated carbocycles. The third-order valence-electron chi connectivity index (χ3n) is 5.14. The summed E-state index contributed by atoms with van der Waals surface area (Å²) >= 11 is 0. The van der Waals surface area contributed by atoms with Crippen LogP contribution in [0, 0.1) is 11.3 Å². The highest BCUT2D eigenvalue weighted by atomic mass is 16.5. The molecule has 122 valence electrons. The van der Waals surface area contributed by atoms with Crippen LogP contribution in [0.1, 0.15) is 40.8 Å². The first-order valence-electron chi connectivity index (χ1n) is 8.62. The standard InChI is InChI=1S/C20H21N3O/c1-24-19-8-4-6-15-13-23(10-9-17(15)19)20-16(12-21)11-14-5-2-3-7-18(14)22-20/h4,6,8,11H,2-3,5,7,9-10,13H2,1H3. The van der Waals surface area contributed by atoms with E-state index in [4.69, 9.17) is 9.72 Å². The number of anilines is 1. The fraction of sp³-hybridized carbons (Fsp3) is 0.400. The minimum absolute atomic E-state index is 0.710. The van der Waals surface area contributed by atoms with Crippen LogP contribution in [-0.4, -0.2) is 18.6 Å². The SMILES string of the molecule is COc1cccc2c1CCN(c1nc3c(cc1C#N)CCCC3)C2. The van der Waals surface area contributed by atoms with Crippen LogP contribution in [0.25, 0.3) is 0 Å². The molecule has 1 aromatic heterocycles. The van der Waals surface area contributed by atoms with Crippen molar-refractivity contribution < 1.29 is 4.74 Å². The van der Waals surface area contributed by atoms with Crippen molar-refractivity contribution in [2.24, 2.45) is 0 Å². The summed E-state index contributed by atoms with van der Waals surface area (Å²) in [5, 5.41) is 9.59. The van der Waals surface area contributed by atoms with E-state index >= 15 is 0 Å². The summed E-state index contributed by atoms with van der Waals surface area (Å²) in [4.78, 5) is 7.14. The fourth-order valence-electron chi connectivity index (χ4n) is 3.89. The lowest BCUT2D eigenvalue weighted by atomic mass is 9.94. The molecule has 2 heterocycles. The van der Waals surface area contributed by atoms with Crippen molar-refractivity contribution in [1.82, 2.24) is 4.98 Å². The van der Waals surface area contributed by atoms with Crippen LogP contribution in [0.3, 0.4) is 0 Å². The number of hydrogen-bond donors (Lipinski definition) is 0. The van der Waals surface area contributed by atoms with Crippen LogP contribution >= 0.6 is 0 Å². The molecule has 2 aliphatic rings. The maximum absolute atomic E-state index is 9.59. The Labute approximate surface area is 142 Å². The molecule has 0 fully saturated rings. The quantitative estimate of drug-likeness (QED) is 0.851. The predicted octanol–water partition coefficient (Wildman–Crippen LogP) is 3.40. The molecule has 0 N–H and O–H groups in total.